The minimum absolute atomic E-state index is 0.00227. The Morgan fingerprint density at radius 1 is 0.788 bits per heavy atom. The second kappa shape index (κ2) is 19.1. The molecule has 23 heteroatoms. The highest BCUT2D eigenvalue weighted by Crippen LogP contribution is 2.44. The molecule has 18 nitrogen and oxygen atoms in total. The van der Waals surface area contributed by atoms with E-state index < -0.39 is 72.3 Å². The lowest BCUT2D eigenvalue weighted by Crippen LogP contribution is -2.33. The van der Waals surface area contributed by atoms with E-state index in [1.54, 1.807) is 72.8 Å². The molecular weight excluding hydrogens is 908 g/mol. The van der Waals surface area contributed by atoms with Gasteiger partial charge in [0.15, 0.2) is 9.84 Å². The first-order valence-electron chi connectivity index (χ1n) is 19.8. The Bertz CT molecular complexity index is 3040. The number of rotatable bonds is 18. The summed E-state index contributed by atoms with van der Waals surface area (Å²) in [4.78, 5) is 15.3. The number of ether oxygens (including phenoxy) is 3. The predicted molar refractivity (Wildman–Crippen MR) is 235 cm³/mol. The quantitative estimate of drug-likeness (QED) is 0.0894. The van der Waals surface area contributed by atoms with Crippen molar-refractivity contribution < 1.29 is 54.1 Å². The zero-order valence-electron chi connectivity index (χ0n) is 35.4. The molecule has 4 N–H and O–H groups in total. The number of nitrogen functional groups attached to an aromatic ring is 1. The molecule has 0 radical (unpaired) electrons. The van der Waals surface area contributed by atoms with Gasteiger partial charge >= 0.3 is 12.3 Å². The van der Waals surface area contributed by atoms with Crippen molar-refractivity contribution >= 4 is 42.9 Å². The van der Waals surface area contributed by atoms with Crippen LogP contribution in [0.5, 0.6) is 17.2 Å². The van der Waals surface area contributed by atoms with Crippen LogP contribution in [0.15, 0.2) is 113 Å². The highest BCUT2D eigenvalue weighted by Gasteiger charge is 2.38. The molecule has 0 aliphatic heterocycles. The molecule has 7 aromatic rings. The van der Waals surface area contributed by atoms with Crippen LogP contribution in [0.1, 0.15) is 16.7 Å². The Kier molecular flexibility index (Phi) is 13.5. The average molecular weight is 950 g/mol. The molecule has 2 heterocycles. The summed E-state index contributed by atoms with van der Waals surface area (Å²) in [6, 6.07) is 26.5. The van der Waals surface area contributed by atoms with Gasteiger partial charge in [0.25, 0.3) is 0 Å². The number of alkyl halides is 3. The number of fused-ring (bicyclic) bond motifs is 1. The average Bonchev–Trinajstić information content (AvgIpc) is 3.88. The fraction of sp³-hybridized carbons (Fsp3) is 0.233. The first kappa shape index (κ1) is 46.7. The lowest BCUT2D eigenvalue weighted by molar-refractivity contribution is -0.139. The van der Waals surface area contributed by atoms with Gasteiger partial charge in [0, 0.05) is 25.2 Å². The molecule has 5 aromatic carbocycles. The van der Waals surface area contributed by atoms with Crippen LogP contribution in [-0.4, -0.2) is 102 Å². The number of carboxylic acid groups (broad SMARTS) is 1. The molecule has 0 aliphatic rings. The van der Waals surface area contributed by atoms with Crippen LogP contribution in [0.25, 0.3) is 33.5 Å². The number of nitrogens with one attached hydrogen (secondary N) is 1. The zero-order chi connectivity index (χ0) is 47.4. The first-order valence-corrected chi connectivity index (χ1v) is 22.9. The van der Waals surface area contributed by atoms with Gasteiger partial charge in [0.2, 0.25) is 21.8 Å². The molecule has 0 aliphatic carbocycles. The fourth-order valence-corrected chi connectivity index (χ4v) is 10.8. The van der Waals surface area contributed by atoms with Crippen LogP contribution < -0.4 is 25.3 Å². The SMILES string of the molecule is COc1ccc(CN(Cc2ccc(OC)cc2)S(=O)(=O)c2c(S(=O)(=O)CCNC(=O)O)ccc(-c3cccc4c3nc(N)n4CC(F)(F)F)c2-c2nnn(Cc3ccc(OC)cc3)n2)cc1. The molecule has 66 heavy (non-hydrogen) atoms. The van der Waals surface area contributed by atoms with E-state index in [4.69, 9.17) is 19.9 Å². The van der Waals surface area contributed by atoms with Gasteiger partial charge in [-0.05, 0) is 76.0 Å². The summed E-state index contributed by atoms with van der Waals surface area (Å²) in [5.74, 6) is -0.225. The monoisotopic (exact) mass is 949 g/mol. The van der Waals surface area contributed by atoms with Crippen molar-refractivity contribution in [3.8, 4) is 39.8 Å². The van der Waals surface area contributed by atoms with E-state index in [1.807, 2.05) is 5.32 Å². The van der Waals surface area contributed by atoms with Crippen LogP contribution in [0.2, 0.25) is 0 Å². The number of imidazole rings is 1. The van der Waals surface area contributed by atoms with Gasteiger partial charge in [-0.25, -0.2) is 26.6 Å². The number of hydrogen-bond acceptors (Lipinski definition) is 13. The van der Waals surface area contributed by atoms with Crippen molar-refractivity contribution in [1.82, 2.24) is 39.4 Å². The number of nitrogens with two attached hydrogens (primary N) is 1. The number of para-hydroxylation sites is 1. The summed E-state index contributed by atoms with van der Waals surface area (Å²) in [5, 5.41) is 24.4. The number of sulfonamides is 1. The molecule has 0 atom stereocenters. The number of benzene rings is 5. The number of aromatic nitrogens is 6. The van der Waals surface area contributed by atoms with Gasteiger partial charge in [-0.3, -0.25) is 0 Å². The lowest BCUT2D eigenvalue weighted by Gasteiger charge is -2.26. The minimum atomic E-state index is -5.11. The van der Waals surface area contributed by atoms with Crippen molar-refractivity contribution in [2.45, 2.75) is 42.1 Å². The lowest BCUT2D eigenvalue weighted by atomic mass is 9.98. The predicted octanol–water partition coefficient (Wildman–Crippen LogP) is 6.01. The van der Waals surface area contributed by atoms with E-state index in [9.17, 15) is 31.5 Å². The van der Waals surface area contributed by atoms with E-state index in [-0.39, 0.29) is 47.6 Å². The van der Waals surface area contributed by atoms with Gasteiger partial charge in [0.05, 0.1) is 55.1 Å². The zero-order valence-corrected chi connectivity index (χ0v) is 37.1. The highest BCUT2D eigenvalue weighted by atomic mass is 32.2. The Balaban J connectivity index is 1.53. The van der Waals surface area contributed by atoms with Crippen molar-refractivity contribution in [2.24, 2.45) is 0 Å². The first-order chi connectivity index (χ1) is 31.4. The molecule has 1 amide bonds. The highest BCUT2D eigenvalue weighted by molar-refractivity contribution is 7.93. The Hall–Kier alpha value is -7.24. The number of halogens is 3. The summed E-state index contributed by atoms with van der Waals surface area (Å²) in [7, 11) is -5.40. The van der Waals surface area contributed by atoms with E-state index in [0.29, 0.717) is 33.9 Å². The number of amides is 1. The molecule has 0 bridgehead atoms. The van der Waals surface area contributed by atoms with Gasteiger partial charge in [-0.1, -0.05) is 54.6 Å². The largest absolute Gasteiger partial charge is 0.497 e. The van der Waals surface area contributed by atoms with Crippen LogP contribution in [0.3, 0.4) is 0 Å². The van der Waals surface area contributed by atoms with Gasteiger partial charge in [-0.15, -0.1) is 10.2 Å². The molecular formula is C43H42F3N9O9S2. The number of carbonyl (C=O) groups is 1. The maximum absolute atomic E-state index is 15.9. The standard InChI is InChI=1S/C43H42F3N9O9S2/c1-62-30-13-7-27(8-14-30)23-53(24-28-9-15-31(63-2)16-10-28)66(60,61)39-36(65(58,59)22-21-48-42(56)57)20-19-33(34-5-4-6-35-38(34)49-41(47)54(35)26-43(44,45)46)37(39)40-50-52-55(51-40)25-29-11-17-32(64-3)18-12-29/h4-20,48H,21-26H2,1-3H3,(H2,47,49)(H,56,57). The molecule has 0 saturated heterocycles. The third-order valence-corrected chi connectivity index (χ3v) is 14.1. The summed E-state index contributed by atoms with van der Waals surface area (Å²) in [6.07, 6.45) is -6.23. The van der Waals surface area contributed by atoms with Crippen LogP contribution in [-0.2, 0) is 46.0 Å². The smallest absolute Gasteiger partial charge is 0.406 e. The third-order valence-electron chi connectivity index (χ3n) is 10.3. The molecule has 0 unspecified atom stereocenters. The molecule has 0 spiro atoms. The van der Waals surface area contributed by atoms with E-state index >= 15 is 8.42 Å². The Morgan fingerprint density at radius 3 is 1.88 bits per heavy atom. The van der Waals surface area contributed by atoms with Crippen LogP contribution in [0.4, 0.5) is 23.9 Å². The van der Waals surface area contributed by atoms with Crippen molar-refractivity contribution in [3.05, 3.63) is 120 Å². The van der Waals surface area contributed by atoms with Crippen LogP contribution >= 0.6 is 0 Å². The van der Waals surface area contributed by atoms with Gasteiger partial charge in [-0.2, -0.15) is 22.3 Å². The number of sulfone groups is 1. The fourth-order valence-electron chi connectivity index (χ4n) is 7.17. The van der Waals surface area contributed by atoms with E-state index in [1.165, 1.54) is 45.6 Å². The van der Waals surface area contributed by atoms with E-state index in [0.717, 1.165) is 19.7 Å². The van der Waals surface area contributed by atoms with Gasteiger partial charge < -0.3 is 34.9 Å². The second-order valence-corrected chi connectivity index (χ2v) is 18.6. The molecule has 2 aromatic heterocycles. The topological polar surface area (TPSA) is 236 Å². The Labute approximate surface area is 376 Å². The minimum Gasteiger partial charge on any atom is -0.497 e. The van der Waals surface area contributed by atoms with Crippen molar-refractivity contribution in [3.63, 3.8) is 0 Å². The number of hydrogen-bond donors (Lipinski definition) is 3. The summed E-state index contributed by atoms with van der Waals surface area (Å²) in [5.41, 5.74) is 7.15. The maximum Gasteiger partial charge on any atom is 0.406 e. The summed E-state index contributed by atoms with van der Waals surface area (Å²) < 4.78 is 120. The van der Waals surface area contributed by atoms with Gasteiger partial charge in [0.1, 0.15) is 28.7 Å². The Morgan fingerprint density at radius 2 is 1.35 bits per heavy atom. The van der Waals surface area contributed by atoms with Crippen molar-refractivity contribution in [1.29, 1.82) is 0 Å². The molecule has 7 rings (SSSR count). The number of nitrogens with zero attached hydrogens (tertiary/aromatic N) is 7. The number of tetrazole rings is 1. The molecule has 346 valence electrons. The maximum atomic E-state index is 15.9. The molecule has 0 saturated carbocycles. The van der Waals surface area contributed by atoms with E-state index in [2.05, 4.69) is 20.4 Å². The summed E-state index contributed by atoms with van der Waals surface area (Å²) >= 11 is 0. The summed E-state index contributed by atoms with van der Waals surface area (Å²) in [6.45, 7) is -2.77. The third kappa shape index (κ3) is 10.3. The van der Waals surface area contributed by atoms with Crippen LogP contribution in [0, 0.1) is 0 Å². The number of methoxy groups -OCH3 is 3. The normalized spacial score (nSPS) is 12.1. The molecule has 0 fully saturated rings. The number of anilines is 1. The van der Waals surface area contributed by atoms with Crippen molar-refractivity contribution in [2.75, 3.05) is 39.4 Å². The second-order valence-electron chi connectivity index (χ2n) is 14.7.